The van der Waals surface area contributed by atoms with Crippen LogP contribution in [0.1, 0.15) is 36.3 Å². The molecule has 0 bridgehead atoms. The molecule has 1 N–H and O–H groups in total. The number of carbonyl (C=O) groups is 1. The zero-order chi connectivity index (χ0) is 14.7. The van der Waals surface area contributed by atoms with Crippen molar-refractivity contribution in [1.82, 2.24) is 15.4 Å². The molecule has 1 aromatic heterocycles. The average Bonchev–Trinajstić information content (AvgIpc) is 2.77. The van der Waals surface area contributed by atoms with Crippen molar-refractivity contribution in [2.75, 3.05) is 26.7 Å². The second-order valence-corrected chi connectivity index (χ2v) is 5.81. The van der Waals surface area contributed by atoms with Crippen molar-refractivity contribution in [2.45, 2.75) is 44.7 Å². The van der Waals surface area contributed by atoms with Crippen LogP contribution in [0.4, 0.5) is 0 Å². The molecule has 1 aliphatic carbocycles. The van der Waals surface area contributed by atoms with Gasteiger partial charge in [-0.1, -0.05) is 5.16 Å². The van der Waals surface area contributed by atoms with Crippen LogP contribution in [0.5, 0.6) is 0 Å². The molecule has 0 aromatic carbocycles. The average molecular weight is 293 g/mol. The van der Waals surface area contributed by atoms with E-state index < -0.39 is 0 Å². The summed E-state index contributed by atoms with van der Waals surface area (Å²) in [6, 6.07) is -0.242. The number of nitrogens with one attached hydrogen (secondary N) is 1. The summed E-state index contributed by atoms with van der Waals surface area (Å²) in [7, 11) is 1.45. The predicted molar refractivity (Wildman–Crippen MR) is 76.8 cm³/mol. The number of fused-ring (bicyclic) bond motifs is 1. The first-order chi connectivity index (χ1) is 10.3. The molecular formula is C15H23N3O3. The van der Waals surface area contributed by atoms with Gasteiger partial charge in [0.05, 0.1) is 7.11 Å². The fraction of sp³-hybridized carbons (Fsp3) is 0.733. The number of hydrogen-bond acceptors (Lipinski definition) is 6. The number of rotatable bonds is 3. The minimum atomic E-state index is -0.242. The summed E-state index contributed by atoms with van der Waals surface area (Å²) in [5.41, 5.74) is 2.27. The lowest BCUT2D eigenvalue weighted by Gasteiger charge is -2.27. The van der Waals surface area contributed by atoms with Gasteiger partial charge >= 0.3 is 5.97 Å². The van der Waals surface area contributed by atoms with Crippen molar-refractivity contribution in [3.63, 3.8) is 0 Å². The highest BCUT2D eigenvalue weighted by Gasteiger charge is 2.30. The Kier molecular flexibility index (Phi) is 4.55. The molecule has 1 fully saturated rings. The van der Waals surface area contributed by atoms with E-state index in [1.165, 1.54) is 25.5 Å². The Balaban J connectivity index is 1.77. The molecule has 6 nitrogen and oxygen atoms in total. The summed E-state index contributed by atoms with van der Waals surface area (Å²) >= 11 is 0. The highest BCUT2D eigenvalue weighted by atomic mass is 16.5. The largest absolute Gasteiger partial charge is 0.468 e. The van der Waals surface area contributed by atoms with E-state index >= 15 is 0 Å². The van der Waals surface area contributed by atoms with Crippen LogP contribution in [0.15, 0.2) is 4.52 Å². The van der Waals surface area contributed by atoms with Crippen molar-refractivity contribution >= 4 is 5.97 Å². The van der Waals surface area contributed by atoms with Crippen molar-refractivity contribution in [3.8, 4) is 0 Å². The number of esters is 1. The third-order valence-electron chi connectivity index (χ3n) is 4.44. The molecule has 3 rings (SSSR count). The molecule has 2 aliphatic rings. The molecule has 1 aliphatic heterocycles. The van der Waals surface area contributed by atoms with E-state index in [-0.39, 0.29) is 12.0 Å². The smallest absolute Gasteiger partial charge is 0.324 e. The monoisotopic (exact) mass is 293 g/mol. The number of aryl methyl sites for hydroxylation is 1. The van der Waals surface area contributed by atoms with E-state index in [0.29, 0.717) is 13.1 Å². The molecule has 1 unspecified atom stereocenters. The fourth-order valence-corrected chi connectivity index (χ4v) is 3.25. The van der Waals surface area contributed by atoms with Crippen LogP contribution in [-0.2, 0) is 28.9 Å². The summed E-state index contributed by atoms with van der Waals surface area (Å²) in [6.45, 7) is 3.10. The van der Waals surface area contributed by atoms with Gasteiger partial charge in [0.15, 0.2) is 0 Å². The molecule has 0 spiro atoms. The lowest BCUT2D eigenvalue weighted by molar-refractivity contribution is -0.146. The van der Waals surface area contributed by atoms with Gasteiger partial charge in [-0.3, -0.25) is 9.69 Å². The van der Waals surface area contributed by atoms with Crippen molar-refractivity contribution in [3.05, 3.63) is 17.0 Å². The first kappa shape index (κ1) is 14.5. The molecule has 1 saturated heterocycles. The minimum absolute atomic E-state index is 0.179. The van der Waals surface area contributed by atoms with Gasteiger partial charge in [0.25, 0.3) is 0 Å². The van der Waals surface area contributed by atoms with Crippen molar-refractivity contribution < 1.29 is 14.1 Å². The summed E-state index contributed by atoms with van der Waals surface area (Å²) in [6.07, 6.45) is 5.43. The van der Waals surface area contributed by atoms with E-state index in [2.05, 4.69) is 15.4 Å². The van der Waals surface area contributed by atoms with Crippen LogP contribution < -0.4 is 5.32 Å². The maximum absolute atomic E-state index is 12.0. The molecule has 1 aromatic rings. The predicted octanol–water partition coefficient (Wildman–Crippen LogP) is 0.890. The van der Waals surface area contributed by atoms with Gasteiger partial charge in [-0.05, 0) is 32.2 Å². The van der Waals surface area contributed by atoms with Gasteiger partial charge in [-0.2, -0.15) is 0 Å². The Labute approximate surface area is 124 Å². The first-order valence-electron chi connectivity index (χ1n) is 7.78. The molecule has 0 amide bonds. The van der Waals surface area contributed by atoms with Crippen LogP contribution in [0.2, 0.25) is 0 Å². The summed E-state index contributed by atoms with van der Waals surface area (Å²) in [5, 5.41) is 7.55. The van der Waals surface area contributed by atoms with Crippen LogP contribution in [-0.4, -0.2) is 48.8 Å². The van der Waals surface area contributed by atoms with Gasteiger partial charge in [-0.15, -0.1) is 0 Å². The van der Waals surface area contributed by atoms with Gasteiger partial charge in [0.2, 0.25) is 0 Å². The SMILES string of the molecule is COC(=O)C1CNCCCN1Cc1noc2c1CCCC2. The zero-order valence-corrected chi connectivity index (χ0v) is 12.6. The normalized spacial score (nSPS) is 23.4. The van der Waals surface area contributed by atoms with Gasteiger partial charge in [-0.25, -0.2) is 0 Å². The van der Waals surface area contributed by atoms with Crippen LogP contribution in [0.3, 0.4) is 0 Å². The molecule has 0 radical (unpaired) electrons. The topological polar surface area (TPSA) is 67.6 Å². The molecule has 2 heterocycles. The number of nitrogens with zero attached hydrogens (tertiary/aromatic N) is 2. The van der Waals surface area contributed by atoms with E-state index in [0.717, 1.165) is 43.8 Å². The second-order valence-electron chi connectivity index (χ2n) is 5.81. The minimum Gasteiger partial charge on any atom is -0.468 e. The summed E-state index contributed by atoms with van der Waals surface area (Å²) in [4.78, 5) is 14.2. The Hall–Kier alpha value is -1.40. The number of ether oxygens (including phenoxy) is 1. The van der Waals surface area contributed by atoms with E-state index in [1.807, 2.05) is 0 Å². The van der Waals surface area contributed by atoms with Gasteiger partial charge < -0.3 is 14.6 Å². The van der Waals surface area contributed by atoms with Gasteiger partial charge in [0, 0.05) is 31.6 Å². The molecule has 0 saturated carbocycles. The first-order valence-corrected chi connectivity index (χ1v) is 7.78. The third kappa shape index (κ3) is 3.11. The molecule has 116 valence electrons. The quantitative estimate of drug-likeness (QED) is 0.835. The molecule has 21 heavy (non-hydrogen) atoms. The Morgan fingerprint density at radius 3 is 3.14 bits per heavy atom. The van der Waals surface area contributed by atoms with Crippen LogP contribution >= 0.6 is 0 Å². The highest BCUT2D eigenvalue weighted by molar-refractivity contribution is 5.76. The summed E-state index contributed by atoms with van der Waals surface area (Å²) < 4.78 is 10.4. The second kappa shape index (κ2) is 6.58. The lowest BCUT2D eigenvalue weighted by atomic mass is 9.96. The van der Waals surface area contributed by atoms with Crippen LogP contribution in [0, 0.1) is 0 Å². The van der Waals surface area contributed by atoms with Crippen molar-refractivity contribution in [2.24, 2.45) is 0 Å². The van der Waals surface area contributed by atoms with Crippen molar-refractivity contribution in [1.29, 1.82) is 0 Å². The maximum atomic E-state index is 12.0. The maximum Gasteiger partial charge on any atom is 0.324 e. The fourth-order valence-electron chi connectivity index (χ4n) is 3.25. The van der Waals surface area contributed by atoms with E-state index in [9.17, 15) is 4.79 Å². The van der Waals surface area contributed by atoms with E-state index in [4.69, 9.17) is 9.26 Å². The van der Waals surface area contributed by atoms with Crippen LogP contribution in [0.25, 0.3) is 0 Å². The number of carbonyl (C=O) groups excluding carboxylic acids is 1. The standard InChI is InChI=1S/C15H23N3O3/c1-20-15(19)13-9-16-7-4-8-18(13)10-12-11-5-2-3-6-14(11)21-17-12/h13,16H,2-10H2,1H3. The molecule has 1 atom stereocenters. The Morgan fingerprint density at radius 2 is 2.29 bits per heavy atom. The van der Waals surface area contributed by atoms with Gasteiger partial charge in [0.1, 0.15) is 17.5 Å². The lowest BCUT2D eigenvalue weighted by Crippen LogP contribution is -2.45. The van der Waals surface area contributed by atoms with E-state index in [1.54, 1.807) is 0 Å². The number of hydrogen-bond donors (Lipinski definition) is 1. The zero-order valence-electron chi connectivity index (χ0n) is 12.6. The highest BCUT2D eigenvalue weighted by Crippen LogP contribution is 2.25. The molecule has 6 heteroatoms. The Morgan fingerprint density at radius 1 is 1.43 bits per heavy atom. The number of aromatic nitrogens is 1. The number of methoxy groups -OCH3 is 1. The Bertz CT molecular complexity index is 500. The third-order valence-corrected chi connectivity index (χ3v) is 4.44. The summed E-state index contributed by atoms with van der Waals surface area (Å²) in [5.74, 6) is 0.862. The molecular weight excluding hydrogens is 270 g/mol.